The van der Waals surface area contributed by atoms with Crippen LogP contribution in [0, 0.1) is 5.92 Å². The number of amides is 1. The molecule has 4 heteroatoms. The van der Waals surface area contributed by atoms with E-state index < -0.39 is 0 Å². The van der Waals surface area contributed by atoms with Gasteiger partial charge in [-0.05, 0) is 12.3 Å². The van der Waals surface area contributed by atoms with Crippen molar-refractivity contribution in [2.75, 3.05) is 13.1 Å². The van der Waals surface area contributed by atoms with E-state index in [1.807, 2.05) is 0 Å². The third-order valence-electron chi connectivity index (χ3n) is 2.11. The Morgan fingerprint density at radius 2 is 2.38 bits per heavy atom. The number of aliphatic hydroxyl groups excluding tert-OH is 1. The van der Waals surface area contributed by atoms with E-state index in [0.29, 0.717) is 25.4 Å². The molecule has 1 aliphatic rings. The molecule has 0 aromatic rings. The van der Waals surface area contributed by atoms with Gasteiger partial charge in [0, 0.05) is 13.1 Å². The number of carbonyl (C=O) groups excluding carboxylic acids is 1. The van der Waals surface area contributed by atoms with Crippen LogP contribution in [0.1, 0.15) is 20.3 Å². The largest absolute Gasteiger partial charge is 0.392 e. The Morgan fingerprint density at radius 1 is 1.69 bits per heavy atom. The van der Waals surface area contributed by atoms with Crippen LogP contribution in [0.5, 0.6) is 0 Å². The average molecular weight is 186 g/mol. The van der Waals surface area contributed by atoms with Gasteiger partial charge in [0.15, 0.2) is 0 Å². The van der Waals surface area contributed by atoms with E-state index in [9.17, 15) is 9.90 Å². The van der Waals surface area contributed by atoms with E-state index >= 15 is 0 Å². The van der Waals surface area contributed by atoms with Crippen molar-refractivity contribution in [2.45, 2.75) is 32.4 Å². The summed E-state index contributed by atoms with van der Waals surface area (Å²) in [7, 11) is 0. The fraction of sp³-hybridized carbons (Fsp3) is 0.889. The molecule has 0 spiro atoms. The standard InChI is InChI=1S/C9H18N2O2/c1-6(2)4-11-9(13)8-3-7(12)5-10-8/h6-8,10,12H,3-5H2,1-2H3,(H,11,13)/t7-,8+/m0/s1. The van der Waals surface area contributed by atoms with Crippen LogP contribution in [0.2, 0.25) is 0 Å². The molecule has 0 radical (unpaired) electrons. The molecule has 0 aromatic heterocycles. The fourth-order valence-corrected chi connectivity index (χ4v) is 1.34. The Balaban J connectivity index is 2.24. The SMILES string of the molecule is CC(C)CNC(=O)[C@H]1C[C@H](O)CN1. The van der Waals surface area contributed by atoms with Crippen molar-refractivity contribution in [3.63, 3.8) is 0 Å². The summed E-state index contributed by atoms with van der Waals surface area (Å²) in [5, 5.41) is 15.0. The van der Waals surface area contributed by atoms with Gasteiger partial charge >= 0.3 is 0 Å². The van der Waals surface area contributed by atoms with Gasteiger partial charge in [0.05, 0.1) is 12.1 Å². The smallest absolute Gasteiger partial charge is 0.237 e. The monoisotopic (exact) mass is 186 g/mol. The van der Waals surface area contributed by atoms with Crippen molar-refractivity contribution in [1.82, 2.24) is 10.6 Å². The van der Waals surface area contributed by atoms with Crippen molar-refractivity contribution in [3.8, 4) is 0 Å². The molecule has 0 unspecified atom stereocenters. The quantitative estimate of drug-likeness (QED) is 0.556. The summed E-state index contributed by atoms with van der Waals surface area (Å²) in [5.41, 5.74) is 0. The van der Waals surface area contributed by atoms with Gasteiger partial charge in [-0.1, -0.05) is 13.8 Å². The van der Waals surface area contributed by atoms with E-state index in [2.05, 4.69) is 24.5 Å². The predicted octanol–water partition coefficient (Wildman–Crippen LogP) is -0.519. The lowest BCUT2D eigenvalue weighted by Gasteiger charge is -2.12. The number of aliphatic hydroxyl groups is 1. The molecule has 1 saturated heterocycles. The lowest BCUT2D eigenvalue weighted by molar-refractivity contribution is -0.123. The highest BCUT2D eigenvalue weighted by atomic mass is 16.3. The molecule has 1 rings (SSSR count). The highest BCUT2D eigenvalue weighted by molar-refractivity contribution is 5.82. The Morgan fingerprint density at radius 3 is 2.85 bits per heavy atom. The van der Waals surface area contributed by atoms with Gasteiger partial charge < -0.3 is 15.7 Å². The zero-order chi connectivity index (χ0) is 9.84. The summed E-state index contributed by atoms with van der Waals surface area (Å²) >= 11 is 0. The minimum atomic E-state index is -0.366. The van der Waals surface area contributed by atoms with E-state index in [4.69, 9.17) is 0 Å². The van der Waals surface area contributed by atoms with Gasteiger partial charge in [-0.15, -0.1) is 0 Å². The molecule has 0 bridgehead atoms. The Bertz CT molecular complexity index is 182. The second kappa shape index (κ2) is 4.58. The van der Waals surface area contributed by atoms with Gasteiger partial charge in [-0.2, -0.15) is 0 Å². The lowest BCUT2D eigenvalue weighted by atomic mass is 10.1. The van der Waals surface area contributed by atoms with Crippen LogP contribution in [-0.2, 0) is 4.79 Å². The van der Waals surface area contributed by atoms with Crippen LogP contribution >= 0.6 is 0 Å². The first-order chi connectivity index (χ1) is 6.09. The normalized spacial score (nSPS) is 28.0. The summed E-state index contributed by atoms with van der Waals surface area (Å²) in [6.45, 7) is 5.33. The first-order valence-corrected chi connectivity index (χ1v) is 4.78. The number of hydrogen-bond acceptors (Lipinski definition) is 3. The fourth-order valence-electron chi connectivity index (χ4n) is 1.34. The lowest BCUT2D eigenvalue weighted by Crippen LogP contribution is -2.41. The predicted molar refractivity (Wildman–Crippen MR) is 50.3 cm³/mol. The summed E-state index contributed by atoms with van der Waals surface area (Å²) in [5.74, 6) is 0.473. The minimum Gasteiger partial charge on any atom is -0.392 e. The Kier molecular flexibility index (Phi) is 3.69. The van der Waals surface area contributed by atoms with Crippen LogP contribution in [0.3, 0.4) is 0 Å². The number of hydrogen-bond donors (Lipinski definition) is 3. The molecular weight excluding hydrogens is 168 g/mol. The van der Waals surface area contributed by atoms with E-state index in [1.54, 1.807) is 0 Å². The first kappa shape index (κ1) is 10.5. The molecule has 76 valence electrons. The van der Waals surface area contributed by atoms with Crippen molar-refractivity contribution in [2.24, 2.45) is 5.92 Å². The zero-order valence-electron chi connectivity index (χ0n) is 8.21. The molecule has 1 heterocycles. The molecular formula is C9H18N2O2. The highest BCUT2D eigenvalue weighted by Gasteiger charge is 2.27. The van der Waals surface area contributed by atoms with Crippen LogP contribution < -0.4 is 10.6 Å². The van der Waals surface area contributed by atoms with Crippen molar-refractivity contribution < 1.29 is 9.90 Å². The molecule has 0 aromatic carbocycles. The molecule has 3 N–H and O–H groups in total. The second-order valence-electron chi connectivity index (χ2n) is 3.99. The minimum absolute atomic E-state index is 0.00486. The van der Waals surface area contributed by atoms with Crippen LogP contribution in [0.4, 0.5) is 0 Å². The van der Waals surface area contributed by atoms with E-state index in [0.717, 1.165) is 0 Å². The van der Waals surface area contributed by atoms with Crippen molar-refractivity contribution in [1.29, 1.82) is 0 Å². The molecule has 13 heavy (non-hydrogen) atoms. The molecule has 1 aliphatic heterocycles. The Labute approximate surface area is 78.7 Å². The average Bonchev–Trinajstić information content (AvgIpc) is 2.47. The van der Waals surface area contributed by atoms with Crippen LogP contribution in [0.15, 0.2) is 0 Å². The summed E-state index contributed by atoms with van der Waals surface area (Å²) in [4.78, 5) is 11.4. The Hall–Kier alpha value is -0.610. The summed E-state index contributed by atoms with van der Waals surface area (Å²) in [6.07, 6.45) is 0.166. The molecule has 2 atom stereocenters. The van der Waals surface area contributed by atoms with E-state index in [-0.39, 0.29) is 18.1 Å². The summed E-state index contributed by atoms with van der Waals surface area (Å²) < 4.78 is 0. The number of carbonyl (C=O) groups is 1. The van der Waals surface area contributed by atoms with Crippen molar-refractivity contribution >= 4 is 5.91 Å². The van der Waals surface area contributed by atoms with Gasteiger partial charge in [0.1, 0.15) is 0 Å². The molecule has 0 saturated carbocycles. The van der Waals surface area contributed by atoms with Gasteiger partial charge in [-0.25, -0.2) is 0 Å². The van der Waals surface area contributed by atoms with Gasteiger partial charge in [-0.3, -0.25) is 4.79 Å². The maximum Gasteiger partial charge on any atom is 0.237 e. The van der Waals surface area contributed by atoms with Crippen LogP contribution in [-0.4, -0.2) is 36.2 Å². The van der Waals surface area contributed by atoms with Crippen molar-refractivity contribution in [3.05, 3.63) is 0 Å². The van der Waals surface area contributed by atoms with E-state index in [1.165, 1.54) is 0 Å². The first-order valence-electron chi connectivity index (χ1n) is 4.78. The topological polar surface area (TPSA) is 61.4 Å². The highest BCUT2D eigenvalue weighted by Crippen LogP contribution is 2.05. The molecule has 1 fully saturated rings. The van der Waals surface area contributed by atoms with Gasteiger partial charge in [0.2, 0.25) is 5.91 Å². The summed E-state index contributed by atoms with van der Waals surface area (Å²) in [6, 6.07) is -0.200. The number of β-amino-alcohol motifs (C(OH)–C–C–N with tert-alkyl or cyclic N) is 1. The second-order valence-corrected chi connectivity index (χ2v) is 3.99. The zero-order valence-corrected chi connectivity index (χ0v) is 8.21. The maximum atomic E-state index is 11.4. The van der Waals surface area contributed by atoms with Gasteiger partial charge in [0.25, 0.3) is 0 Å². The number of rotatable bonds is 3. The number of nitrogens with one attached hydrogen (secondary N) is 2. The molecule has 0 aliphatic carbocycles. The molecule has 4 nitrogen and oxygen atoms in total. The van der Waals surface area contributed by atoms with Crippen LogP contribution in [0.25, 0.3) is 0 Å². The maximum absolute atomic E-state index is 11.4. The third kappa shape index (κ3) is 3.32. The molecule has 1 amide bonds. The third-order valence-corrected chi connectivity index (χ3v) is 2.11.